The third kappa shape index (κ3) is 2.40. The smallest absolute Gasteiger partial charge is 0.147 e. The standard InChI is InChI=1S/C11H14ClFN2/c12-10-2-1-5-14-11(10)15-6-3-9(8-13)4-7-15/h1-2,5,9H,3-4,6-8H2. The molecule has 1 saturated heterocycles. The van der Waals surface area contributed by atoms with E-state index in [1.165, 1.54) is 0 Å². The molecule has 0 aromatic carbocycles. The summed E-state index contributed by atoms with van der Waals surface area (Å²) in [7, 11) is 0. The first-order valence-electron chi connectivity index (χ1n) is 5.22. The maximum absolute atomic E-state index is 12.4. The van der Waals surface area contributed by atoms with Crippen molar-refractivity contribution in [2.24, 2.45) is 5.92 Å². The Hall–Kier alpha value is -0.830. The van der Waals surface area contributed by atoms with Crippen molar-refractivity contribution in [2.75, 3.05) is 24.7 Å². The van der Waals surface area contributed by atoms with Crippen LogP contribution in [0.2, 0.25) is 5.02 Å². The highest BCUT2D eigenvalue weighted by atomic mass is 35.5. The summed E-state index contributed by atoms with van der Waals surface area (Å²) < 4.78 is 12.4. The van der Waals surface area contributed by atoms with Crippen molar-refractivity contribution in [3.05, 3.63) is 23.4 Å². The molecule has 1 aromatic rings. The first kappa shape index (κ1) is 10.7. The van der Waals surface area contributed by atoms with E-state index in [-0.39, 0.29) is 12.6 Å². The fourth-order valence-corrected chi connectivity index (χ4v) is 2.15. The van der Waals surface area contributed by atoms with E-state index in [0.717, 1.165) is 31.7 Å². The van der Waals surface area contributed by atoms with Crippen LogP contribution in [0.4, 0.5) is 10.2 Å². The maximum Gasteiger partial charge on any atom is 0.147 e. The molecule has 0 spiro atoms. The van der Waals surface area contributed by atoms with E-state index in [0.29, 0.717) is 5.02 Å². The van der Waals surface area contributed by atoms with Crippen molar-refractivity contribution in [3.8, 4) is 0 Å². The summed E-state index contributed by atoms with van der Waals surface area (Å²) in [5, 5.41) is 0.677. The molecule has 0 amide bonds. The number of aromatic nitrogens is 1. The van der Waals surface area contributed by atoms with Gasteiger partial charge in [-0.1, -0.05) is 11.6 Å². The Morgan fingerprint density at radius 2 is 2.20 bits per heavy atom. The van der Waals surface area contributed by atoms with Crippen LogP contribution in [0.3, 0.4) is 0 Å². The lowest BCUT2D eigenvalue weighted by molar-refractivity contribution is 0.307. The third-order valence-electron chi connectivity index (χ3n) is 2.87. The molecule has 0 atom stereocenters. The topological polar surface area (TPSA) is 16.1 Å². The minimum absolute atomic E-state index is 0.205. The summed E-state index contributed by atoms with van der Waals surface area (Å²) in [5.74, 6) is 1.06. The molecular weight excluding hydrogens is 215 g/mol. The van der Waals surface area contributed by atoms with Crippen molar-refractivity contribution < 1.29 is 4.39 Å². The Bertz CT molecular complexity index is 324. The van der Waals surface area contributed by atoms with Crippen LogP contribution in [0.15, 0.2) is 18.3 Å². The molecule has 0 radical (unpaired) electrons. The number of hydrogen-bond acceptors (Lipinski definition) is 2. The van der Waals surface area contributed by atoms with Crippen LogP contribution in [0, 0.1) is 5.92 Å². The number of pyridine rings is 1. The zero-order valence-electron chi connectivity index (χ0n) is 8.50. The van der Waals surface area contributed by atoms with Gasteiger partial charge in [-0.2, -0.15) is 0 Å². The average molecular weight is 229 g/mol. The van der Waals surface area contributed by atoms with Crippen LogP contribution in [-0.4, -0.2) is 24.7 Å². The Morgan fingerprint density at radius 3 is 2.80 bits per heavy atom. The highest BCUT2D eigenvalue weighted by Crippen LogP contribution is 2.27. The SMILES string of the molecule is FCC1CCN(c2ncccc2Cl)CC1. The second-order valence-corrected chi connectivity index (χ2v) is 4.30. The minimum Gasteiger partial charge on any atom is -0.355 e. The van der Waals surface area contributed by atoms with Gasteiger partial charge in [-0.25, -0.2) is 4.98 Å². The minimum atomic E-state index is -0.205. The zero-order valence-corrected chi connectivity index (χ0v) is 9.25. The molecule has 82 valence electrons. The summed E-state index contributed by atoms with van der Waals surface area (Å²) in [4.78, 5) is 6.39. The van der Waals surface area contributed by atoms with Crippen LogP contribution in [-0.2, 0) is 0 Å². The fraction of sp³-hybridized carbons (Fsp3) is 0.545. The van der Waals surface area contributed by atoms with Gasteiger partial charge in [0.05, 0.1) is 11.7 Å². The lowest BCUT2D eigenvalue weighted by atomic mass is 9.98. The molecule has 2 heterocycles. The van der Waals surface area contributed by atoms with Crippen molar-refractivity contribution >= 4 is 17.4 Å². The molecule has 15 heavy (non-hydrogen) atoms. The molecule has 2 nitrogen and oxygen atoms in total. The Labute approximate surface area is 94.1 Å². The van der Waals surface area contributed by atoms with E-state index in [1.54, 1.807) is 6.20 Å². The summed E-state index contributed by atoms with van der Waals surface area (Å²) in [6, 6.07) is 3.66. The summed E-state index contributed by atoms with van der Waals surface area (Å²) in [6.07, 6.45) is 3.52. The van der Waals surface area contributed by atoms with Crippen LogP contribution in [0.1, 0.15) is 12.8 Å². The number of anilines is 1. The van der Waals surface area contributed by atoms with Gasteiger partial charge in [-0.3, -0.25) is 4.39 Å². The van der Waals surface area contributed by atoms with Gasteiger partial charge in [0.2, 0.25) is 0 Å². The molecule has 0 unspecified atom stereocenters. The number of alkyl halides is 1. The number of rotatable bonds is 2. The van der Waals surface area contributed by atoms with Crippen molar-refractivity contribution in [3.63, 3.8) is 0 Å². The summed E-state index contributed by atoms with van der Waals surface area (Å²) >= 11 is 6.05. The molecule has 4 heteroatoms. The first-order chi connectivity index (χ1) is 7.31. The average Bonchev–Trinajstić information content (AvgIpc) is 2.30. The Kier molecular flexibility index (Phi) is 3.41. The molecule has 0 aliphatic carbocycles. The van der Waals surface area contributed by atoms with Crippen molar-refractivity contribution in [1.82, 2.24) is 4.98 Å². The van der Waals surface area contributed by atoms with Crippen LogP contribution >= 0.6 is 11.6 Å². The highest BCUT2D eigenvalue weighted by Gasteiger charge is 2.21. The fourth-order valence-electron chi connectivity index (χ4n) is 1.91. The molecule has 1 fully saturated rings. The van der Waals surface area contributed by atoms with Crippen molar-refractivity contribution in [2.45, 2.75) is 12.8 Å². The highest BCUT2D eigenvalue weighted by molar-refractivity contribution is 6.32. The monoisotopic (exact) mass is 228 g/mol. The number of nitrogens with zero attached hydrogens (tertiary/aromatic N) is 2. The molecule has 1 aliphatic heterocycles. The van der Waals surface area contributed by atoms with E-state index in [4.69, 9.17) is 11.6 Å². The van der Waals surface area contributed by atoms with Gasteiger partial charge in [0.25, 0.3) is 0 Å². The largest absolute Gasteiger partial charge is 0.355 e. The third-order valence-corrected chi connectivity index (χ3v) is 3.17. The van der Waals surface area contributed by atoms with Gasteiger partial charge in [-0.15, -0.1) is 0 Å². The molecule has 0 N–H and O–H groups in total. The molecule has 0 saturated carbocycles. The van der Waals surface area contributed by atoms with Gasteiger partial charge in [0, 0.05) is 19.3 Å². The maximum atomic E-state index is 12.4. The lowest BCUT2D eigenvalue weighted by Crippen LogP contribution is -2.34. The van der Waals surface area contributed by atoms with Gasteiger partial charge in [-0.05, 0) is 30.9 Å². The van der Waals surface area contributed by atoms with Crippen molar-refractivity contribution in [1.29, 1.82) is 0 Å². The van der Waals surface area contributed by atoms with E-state index in [1.807, 2.05) is 12.1 Å². The van der Waals surface area contributed by atoms with Gasteiger partial charge in [0.1, 0.15) is 5.82 Å². The van der Waals surface area contributed by atoms with Gasteiger partial charge in [0.15, 0.2) is 0 Å². The molecule has 0 bridgehead atoms. The molecular formula is C11H14ClFN2. The molecule has 1 aromatic heterocycles. The van der Waals surface area contributed by atoms with Crippen LogP contribution in [0.25, 0.3) is 0 Å². The van der Waals surface area contributed by atoms with E-state index >= 15 is 0 Å². The second kappa shape index (κ2) is 4.79. The molecule has 1 aliphatic rings. The predicted molar refractivity (Wildman–Crippen MR) is 60.2 cm³/mol. The summed E-state index contributed by atoms with van der Waals surface area (Å²) in [6.45, 7) is 1.50. The van der Waals surface area contributed by atoms with Gasteiger partial charge >= 0.3 is 0 Å². The second-order valence-electron chi connectivity index (χ2n) is 3.89. The lowest BCUT2D eigenvalue weighted by Gasteiger charge is -2.31. The summed E-state index contributed by atoms with van der Waals surface area (Å²) in [5.41, 5.74) is 0. The number of hydrogen-bond donors (Lipinski definition) is 0. The van der Waals surface area contributed by atoms with Crippen LogP contribution in [0.5, 0.6) is 0 Å². The first-order valence-corrected chi connectivity index (χ1v) is 5.60. The zero-order chi connectivity index (χ0) is 10.7. The molecule has 2 rings (SSSR count). The van der Waals surface area contributed by atoms with Gasteiger partial charge < -0.3 is 4.90 Å². The normalized spacial score (nSPS) is 18.1. The predicted octanol–water partition coefficient (Wildman–Crippen LogP) is 2.92. The quantitative estimate of drug-likeness (QED) is 0.774. The Balaban J connectivity index is 2.04. The Morgan fingerprint density at radius 1 is 1.47 bits per heavy atom. The number of halogens is 2. The van der Waals surface area contributed by atoms with E-state index < -0.39 is 0 Å². The van der Waals surface area contributed by atoms with Crippen LogP contribution < -0.4 is 4.90 Å². The van der Waals surface area contributed by atoms with E-state index in [9.17, 15) is 4.39 Å². The number of piperidine rings is 1. The van der Waals surface area contributed by atoms with E-state index in [2.05, 4.69) is 9.88 Å².